The van der Waals surface area contributed by atoms with Crippen LogP contribution in [0.1, 0.15) is 26.2 Å². The molecular weight excluding hydrogens is 276 g/mol. The van der Waals surface area contributed by atoms with Gasteiger partial charge in [0.25, 0.3) is 0 Å². The van der Waals surface area contributed by atoms with Gasteiger partial charge >= 0.3 is 0 Å². The van der Waals surface area contributed by atoms with Gasteiger partial charge in [-0.25, -0.2) is 0 Å². The van der Waals surface area contributed by atoms with E-state index in [9.17, 15) is 0 Å². The molecule has 1 aromatic carbocycles. The molecule has 0 aliphatic carbocycles. The van der Waals surface area contributed by atoms with Crippen molar-refractivity contribution in [2.45, 2.75) is 26.2 Å². The average molecular weight is 308 g/mol. The number of rotatable bonds is 9. The topological polar surface area (TPSA) is 27.3 Å². The zero-order valence-corrected chi connectivity index (χ0v) is 14.2. The number of ether oxygens (including phenoxy) is 2. The van der Waals surface area contributed by atoms with Gasteiger partial charge in [-0.2, -0.15) is 0 Å². The van der Waals surface area contributed by atoms with Crippen molar-refractivity contribution in [2.24, 2.45) is 0 Å². The maximum atomic E-state index is 5.94. The maximum Gasteiger partial charge on any atom is 0.161 e. The molecule has 1 saturated heterocycles. The Kier molecular flexibility index (Phi) is 7.54. The van der Waals surface area contributed by atoms with Gasteiger partial charge in [0, 0.05) is 6.42 Å². The molecule has 0 saturated carbocycles. The molecule has 0 aromatic heterocycles. The Morgan fingerprint density at radius 2 is 1.50 bits per heavy atom. The Labute approximate surface area is 135 Å². The molecule has 1 aliphatic rings. The van der Waals surface area contributed by atoms with Crippen molar-refractivity contribution in [3.8, 4) is 11.5 Å². The second-order valence-electron chi connectivity index (χ2n) is 6.31. The third-order valence-electron chi connectivity index (χ3n) is 4.35. The van der Waals surface area contributed by atoms with Crippen LogP contribution in [0, 0.1) is 0 Å². The van der Waals surface area contributed by atoms with Crippen molar-refractivity contribution in [3.05, 3.63) is 24.3 Å². The van der Waals surface area contributed by atoms with Gasteiger partial charge in [-0.1, -0.05) is 25.5 Å². The van der Waals surface area contributed by atoms with Crippen molar-refractivity contribution < 1.29 is 19.3 Å². The quantitative estimate of drug-likeness (QED) is 0.631. The first-order chi connectivity index (χ1) is 10.8. The van der Waals surface area contributed by atoms with E-state index < -0.39 is 0 Å². The number of hydrogen-bond acceptors (Lipinski definition) is 2. The van der Waals surface area contributed by atoms with Crippen molar-refractivity contribution in [2.75, 3.05) is 53.0 Å². The Bertz CT molecular complexity index is 417. The monoisotopic (exact) mass is 308 g/mol. The molecule has 0 atom stereocenters. The van der Waals surface area contributed by atoms with Crippen LogP contribution in [-0.2, 0) is 0 Å². The number of hydrogen-bond donors (Lipinski definition) is 2. The smallest absolute Gasteiger partial charge is 0.161 e. The van der Waals surface area contributed by atoms with E-state index in [1.54, 1.807) is 9.80 Å². The molecule has 0 unspecified atom stereocenters. The van der Waals surface area contributed by atoms with Gasteiger partial charge in [0.2, 0.25) is 0 Å². The highest BCUT2D eigenvalue weighted by Crippen LogP contribution is 2.26. The molecule has 1 fully saturated rings. The molecule has 2 rings (SSSR count). The fourth-order valence-corrected chi connectivity index (χ4v) is 2.80. The van der Waals surface area contributed by atoms with Crippen molar-refractivity contribution in [3.63, 3.8) is 0 Å². The van der Waals surface area contributed by atoms with E-state index in [0.29, 0.717) is 0 Å². The van der Waals surface area contributed by atoms with Crippen LogP contribution in [0.3, 0.4) is 0 Å². The summed E-state index contributed by atoms with van der Waals surface area (Å²) in [5.74, 6) is 1.77. The minimum Gasteiger partial charge on any atom is -0.490 e. The molecule has 1 aliphatic heterocycles. The number of unbranched alkanes of at least 4 members (excludes halogenated alkanes) is 1. The average Bonchev–Trinajstić information content (AvgIpc) is 2.55. The number of likely N-dealkylation sites (N-methyl/N-ethyl adjacent to an activating group) is 1. The SMILES string of the molecule is CCCCOc1ccccc1OCCC[NH+]1CC[NH+](C)CC1. The second kappa shape index (κ2) is 9.70. The van der Waals surface area contributed by atoms with Gasteiger partial charge in [-0.3, -0.25) is 0 Å². The third kappa shape index (κ3) is 5.85. The Hall–Kier alpha value is -1.26. The van der Waals surface area contributed by atoms with Crippen molar-refractivity contribution in [1.29, 1.82) is 0 Å². The molecule has 2 N–H and O–H groups in total. The molecule has 0 radical (unpaired) electrons. The lowest BCUT2D eigenvalue weighted by Crippen LogP contribution is -3.27. The zero-order valence-electron chi connectivity index (χ0n) is 14.2. The molecule has 22 heavy (non-hydrogen) atoms. The maximum absolute atomic E-state index is 5.94. The molecule has 0 amide bonds. The van der Waals surface area contributed by atoms with E-state index in [0.717, 1.165) is 44.0 Å². The third-order valence-corrected chi connectivity index (χ3v) is 4.35. The van der Waals surface area contributed by atoms with E-state index in [1.807, 2.05) is 24.3 Å². The summed E-state index contributed by atoms with van der Waals surface area (Å²) in [5, 5.41) is 0. The van der Waals surface area contributed by atoms with E-state index in [4.69, 9.17) is 9.47 Å². The summed E-state index contributed by atoms with van der Waals surface area (Å²) in [7, 11) is 2.29. The van der Waals surface area contributed by atoms with Crippen LogP contribution in [0.4, 0.5) is 0 Å². The number of quaternary nitrogens is 2. The first-order valence-corrected chi connectivity index (χ1v) is 8.79. The highest BCUT2D eigenvalue weighted by Gasteiger charge is 2.19. The number of para-hydroxylation sites is 2. The lowest BCUT2D eigenvalue weighted by atomic mass is 10.3. The largest absolute Gasteiger partial charge is 0.490 e. The van der Waals surface area contributed by atoms with Crippen LogP contribution in [0.2, 0.25) is 0 Å². The van der Waals surface area contributed by atoms with Gasteiger partial charge < -0.3 is 19.3 Å². The van der Waals surface area contributed by atoms with Crippen LogP contribution in [0.25, 0.3) is 0 Å². The van der Waals surface area contributed by atoms with Gasteiger partial charge in [0.15, 0.2) is 11.5 Å². The summed E-state index contributed by atoms with van der Waals surface area (Å²) in [6, 6.07) is 8.02. The van der Waals surface area contributed by atoms with Crippen LogP contribution in [-0.4, -0.2) is 53.0 Å². The summed E-state index contributed by atoms with van der Waals surface area (Å²) >= 11 is 0. The Balaban J connectivity index is 1.68. The van der Waals surface area contributed by atoms with Crippen LogP contribution in [0.5, 0.6) is 11.5 Å². The lowest BCUT2D eigenvalue weighted by Gasteiger charge is -2.27. The van der Waals surface area contributed by atoms with Crippen LogP contribution in [0.15, 0.2) is 24.3 Å². The van der Waals surface area contributed by atoms with Gasteiger partial charge in [0.05, 0.1) is 26.8 Å². The highest BCUT2D eigenvalue weighted by atomic mass is 16.5. The van der Waals surface area contributed by atoms with Gasteiger partial charge in [-0.15, -0.1) is 0 Å². The molecular formula is C18H32N2O2+2. The number of nitrogens with one attached hydrogen (secondary N) is 2. The fourth-order valence-electron chi connectivity index (χ4n) is 2.80. The molecule has 1 heterocycles. The van der Waals surface area contributed by atoms with Crippen molar-refractivity contribution in [1.82, 2.24) is 0 Å². The Morgan fingerprint density at radius 3 is 2.09 bits per heavy atom. The Morgan fingerprint density at radius 1 is 0.909 bits per heavy atom. The number of benzene rings is 1. The predicted molar refractivity (Wildman–Crippen MR) is 89.1 cm³/mol. The van der Waals surface area contributed by atoms with E-state index >= 15 is 0 Å². The standard InChI is InChI=1S/C18H30N2O2/c1-3-4-15-21-17-8-5-6-9-18(17)22-16-7-10-20-13-11-19(2)12-14-20/h5-6,8-9H,3-4,7,10-16H2,1-2H3/p+2. The molecule has 0 bridgehead atoms. The first-order valence-electron chi connectivity index (χ1n) is 8.79. The van der Waals surface area contributed by atoms with Gasteiger partial charge in [0.1, 0.15) is 26.2 Å². The normalized spacial score (nSPS) is 21.5. The molecule has 124 valence electrons. The van der Waals surface area contributed by atoms with E-state index in [1.165, 1.54) is 32.7 Å². The summed E-state index contributed by atoms with van der Waals surface area (Å²) in [5.41, 5.74) is 0. The van der Waals surface area contributed by atoms with Crippen molar-refractivity contribution >= 4 is 0 Å². The molecule has 4 heteroatoms. The lowest BCUT2D eigenvalue weighted by molar-refractivity contribution is -1.00. The molecule has 1 aromatic rings. The molecule has 0 spiro atoms. The fraction of sp³-hybridized carbons (Fsp3) is 0.667. The minimum atomic E-state index is 0.769. The summed E-state index contributed by atoms with van der Waals surface area (Å²) in [4.78, 5) is 3.39. The number of piperazine rings is 1. The highest BCUT2D eigenvalue weighted by molar-refractivity contribution is 5.39. The van der Waals surface area contributed by atoms with Gasteiger partial charge in [-0.05, 0) is 18.6 Å². The minimum absolute atomic E-state index is 0.769. The zero-order chi connectivity index (χ0) is 15.6. The summed E-state index contributed by atoms with van der Waals surface area (Å²) < 4.78 is 11.7. The van der Waals surface area contributed by atoms with Crippen LogP contribution < -0.4 is 19.3 Å². The molecule has 4 nitrogen and oxygen atoms in total. The first kappa shape index (κ1) is 17.1. The predicted octanol–water partition coefficient (Wildman–Crippen LogP) is 0.0476. The van der Waals surface area contributed by atoms with Crippen LogP contribution >= 0.6 is 0 Å². The summed E-state index contributed by atoms with van der Waals surface area (Å²) in [6.07, 6.45) is 3.35. The second-order valence-corrected chi connectivity index (χ2v) is 6.31. The van der Waals surface area contributed by atoms with E-state index in [2.05, 4.69) is 14.0 Å². The van der Waals surface area contributed by atoms with E-state index in [-0.39, 0.29) is 0 Å². The summed E-state index contributed by atoms with van der Waals surface area (Å²) in [6.45, 7) is 10.1.